The zero-order valence-corrected chi connectivity index (χ0v) is 16.3. The van der Waals surface area contributed by atoms with Gasteiger partial charge in [0.05, 0.1) is 23.4 Å². The molecule has 3 heterocycles. The molecule has 2 amide bonds. The van der Waals surface area contributed by atoms with Crippen molar-refractivity contribution >= 4 is 29.4 Å². The molecule has 25 heavy (non-hydrogen) atoms. The summed E-state index contributed by atoms with van der Waals surface area (Å²) in [6.07, 6.45) is -0.137. The summed E-state index contributed by atoms with van der Waals surface area (Å²) in [4.78, 5) is 26.8. The number of fused-ring (bicyclic) bond motifs is 1. The van der Waals surface area contributed by atoms with Crippen LogP contribution >= 0.6 is 11.8 Å². The average Bonchev–Trinajstić information content (AvgIpc) is 3.07. The van der Waals surface area contributed by atoms with Crippen molar-refractivity contribution in [3.63, 3.8) is 0 Å². The Bertz CT molecular complexity index is 685. The SMILES string of the molecule is C[C@@H]1CN(C(=O)C(=O)Nc2c3c(nn2C(C)(C)C)CSC3)C[C@@H](C)O1. The van der Waals surface area contributed by atoms with Gasteiger partial charge < -0.3 is 15.0 Å². The van der Waals surface area contributed by atoms with Crippen LogP contribution in [0.1, 0.15) is 45.9 Å². The summed E-state index contributed by atoms with van der Waals surface area (Å²) >= 11 is 1.77. The average molecular weight is 366 g/mol. The molecule has 0 bridgehead atoms. The van der Waals surface area contributed by atoms with Gasteiger partial charge in [-0.05, 0) is 34.6 Å². The van der Waals surface area contributed by atoms with Crippen molar-refractivity contribution in [1.29, 1.82) is 0 Å². The molecule has 3 rings (SSSR count). The van der Waals surface area contributed by atoms with Crippen molar-refractivity contribution in [3.8, 4) is 0 Å². The Kier molecular flexibility index (Phi) is 4.85. The second-order valence-electron chi connectivity index (χ2n) is 7.77. The first-order valence-electron chi connectivity index (χ1n) is 8.61. The Labute approximate surface area is 152 Å². The number of anilines is 1. The lowest BCUT2D eigenvalue weighted by atomic mass is 10.1. The minimum atomic E-state index is -0.605. The molecule has 0 aliphatic carbocycles. The van der Waals surface area contributed by atoms with Crippen molar-refractivity contribution in [2.24, 2.45) is 0 Å². The van der Waals surface area contributed by atoms with Crippen LogP contribution in [0.15, 0.2) is 0 Å². The van der Waals surface area contributed by atoms with Gasteiger partial charge in [0.25, 0.3) is 0 Å². The molecule has 1 aromatic rings. The van der Waals surface area contributed by atoms with Crippen molar-refractivity contribution in [3.05, 3.63) is 11.3 Å². The molecule has 0 radical (unpaired) electrons. The minimum Gasteiger partial charge on any atom is -0.372 e. The first kappa shape index (κ1) is 18.3. The number of amides is 2. The van der Waals surface area contributed by atoms with Gasteiger partial charge in [-0.1, -0.05) is 0 Å². The standard InChI is InChI=1S/C17H26N4O3S/c1-10-6-20(7-11(2)24-10)16(23)15(22)18-14-12-8-25-9-13(12)19-21(14)17(3,4)5/h10-11H,6-9H2,1-5H3,(H,18,22)/t10-,11-/m1/s1. The van der Waals surface area contributed by atoms with Crippen molar-refractivity contribution in [1.82, 2.24) is 14.7 Å². The van der Waals surface area contributed by atoms with Gasteiger partial charge in [-0.2, -0.15) is 16.9 Å². The Morgan fingerprint density at radius 2 is 1.84 bits per heavy atom. The van der Waals surface area contributed by atoms with Crippen LogP contribution in [0.25, 0.3) is 0 Å². The van der Waals surface area contributed by atoms with E-state index in [0.29, 0.717) is 18.9 Å². The van der Waals surface area contributed by atoms with Crippen molar-refractivity contribution in [2.75, 3.05) is 18.4 Å². The lowest BCUT2D eigenvalue weighted by molar-refractivity contribution is -0.151. The minimum absolute atomic E-state index is 0.0683. The van der Waals surface area contributed by atoms with Gasteiger partial charge >= 0.3 is 11.8 Å². The molecular weight excluding hydrogens is 340 g/mol. The van der Waals surface area contributed by atoms with Gasteiger partial charge in [0.15, 0.2) is 0 Å². The number of nitrogens with one attached hydrogen (secondary N) is 1. The number of hydrogen-bond acceptors (Lipinski definition) is 5. The summed E-state index contributed by atoms with van der Waals surface area (Å²) in [5.74, 6) is 1.18. The van der Waals surface area contributed by atoms with Crippen LogP contribution in [0.3, 0.4) is 0 Å². The number of morpholine rings is 1. The molecule has 1 fully saturated rings. The quantitative estimate of drug-likeness (QED) is 0.769. The van der Waals surface area contributed by atoms with Gasteiger partial charge in [0.1, 0.15) is 5.82 Å². The highest BCUT2D eigenvalue weighted by Gasteiger charge is 2.33. The first-order valence-corrected chi connectivity index (χ1v) is 9.77. The summed E-state index contributed by atoms with van der Waals surface area (Å²) in [5, 5.41) is 7.49. The molecule has 0 saturated carbocycles. The summed E-state index contributed by atoms with van der Waals surface area (Å²) < 4.78 is 7.46. The number of ether oxygens (including phenoxy) is 1. The summed E-state index contributed by atoms with van der Waals surface area (Å²) in [5.41, 5.74) is 1.75. The fraction of sp³-hybridized carbons (Fsp3) is 0.706. The summed E-state index contributed by atoms with van der Waals surface area (Å²) in [7, 11) is 0. The van der Waals surface area contributed by atoms with Crippen LogP contribution < -0.4 is 5.32 Å². The molecule has 2 aliphatic rings. The van der Waals surface area contributed by atoms with E-state index in [-0.39, 0.29) is 17.7 Å². The van der Waals surface area contributed by atoms with E-state index >= 15 is 0 Å². The van der Waals surface area contributed by atoms with Crippen LogP contribution in [0.2, 0.25) is 0 Å². The van der Waals surface area contributed by atoms with Crippen LogP contribution in [-0.2, 0) is 31.4 Å². The van der Waals surface area contributed by atoms with E-state index in [2.05, 4.69) is 10.4 Å². The number of hydrogen-bond donors (Lipinski definition) is 1. The second kappa shape index (κ2) is 6.64. The van der Waals surface area contributed by atoms with Crippen LogP contribution in [0, 0.1) is 0 Å². The Balaban J connectivity index is 1.80. The zero-order valence-electron chi connectivity index (χ0n) is 15.5. The highest BCUT2D eigenvalue weighted by Crippen LogP contribution is 2.37. The van der Waals surface area contributed by atoms with Crippen LogP contribution in [0.5, 0.6) is 0 Å². The normalized spacial score (nSPS) is 23.5. The third-order valence-corrected chi connectivity index (χ3v) is 5.29. The number of rotatable bonds is 1. The Morgan fingerprint density at radius 3 is 2.44 bits per heavy atom. The molecular formula is C17H26N4O3S. The molecule has 0 spiro atoms. The molecule has 1 saturated heterocycles. The fourth-order valence-corrected chi connectivity index (χ4v) is 4.31. The largest absolute Gasteiger partial charge is 0.372 e. The van der Waals surface area contributed by atoms with E-state index in [0.717, 1.165) is 22.8 Å². The van der Waals surface area contributed by atoms with E-state index in [1.54, 1.807) is 16.7 Å². The summed E-state index contributed by atoms with van der Waals surface area (Å²) in [6, 6.07) is 0. The van der Waals surface area contributed by atoms with E-state index < -0.39 is 11.8 Å². The van der Waals surface area contributed by atoms with E-state index in [1.807, 2.05) is 39.3 Å². The summed E-state index contributed by atoms with van der Waals surface area (Å²) in [6.45, 7) is 10.8. The number of thioether (sulfide) groups is 1. The maximum absolute atomic E-state index is 12.6. The lowest BCUT2D eigenvalue weighted by Gasteiger charge is -2.34. The molecule has 138 valence electrons. The predicted octanol–water partition coefficient (Wildman–Crippen LogP) is 1.96. The lowest BCUT2D eigenvalue weighted by Crippen LogP contribution is -2.51. The molecule has 7 nitrogen and oxygen atoms in total. The third-order valence-electron chi connectivity index (χ3n) is 4.32. The van der Waals surface area contributed by atoms with Gasteiger partial charge in [-0.25, -0.2) is 4.68 Å². The smallest absolute Gasteiger partial charge is 0.315 e. The van der Waals surface area contributed by atoms with Crippen molar-refractivity contribution < 1.29 is 14.3 Å². The molecule has 0 aromatic carbocycles. The van der Waals surface area contributed by atoms with Gasteiger partial charge in [0.2, 0.25) is 0 Å². The van der Waals surface area contributed by atoms with Crippen LogP contribution in [0.4, 0.5) is 5.82 Å². The van der Waals surface area contributed by atoms with Crippen molar-refractivity contribution in [2.45, 2.75) is 63.9 Å². The molecule has 1 aromatic heterocycles. The number of nitrogens with zero attached hydrogens (tertiary/aromatic N) is 3. The highest BCUT2D eigenvalue weighted by molar-refractivity contribution is 7.98. The van der Waals surface area contributed by atoms with Gasteiger partial charge in [-0.3, -0.25) is 9.59 Å². The first-order chi connectivity index (χ1) is 11.7. The molecule has 0 unspecified atom stereocenters. The van der Waals surface area contributed by atoms with E-state index in [4.69, 9.17) is 4.74 Å². The fourth-order valence-electron chi connectivity index (χ4n) is 3.28. The van der Waals surface area contributed by atoms with Gasteiger partial charge in [-0.15, -0.1) is 0 Å². The second-order valence-corrected chi connectivity index (χ2v) is 8.76. The van der Waals surface area contributed by atoms with E-state index in [1.165, 1.54) is 0 Å². The molecule has 1 N–H and O–H groups in total. The number of aromatic nitrogens is 2. The molecule has 2 atom stereocenters. The van der Waals surface area contributed by atoms with Crippen LogP contribution in [-0.4, -0.2) is 51.8 Å². The Morgan fingerprint density at radius 1 is 1.20 bits per heavy atom. The van der Waals surface area contributed by atoms with Gasteiger partial charge in [0, 0.05) is 30.2 Å². The topological polar surface area (TPSA) is 76.5 Å². The number of carbonyl (C=O) groups excluding carboxylic acids is 2. The highest BCUT2D eigenvalue weighted by atomic mass is 32.2. The Hall–Kier alpha value is -1.54. The monoisotopic (exact) mass is 366 g/mol. The number of carbonyl (C=O) groups is 2. The maximum atomic E-state index is 12.6. The zero-order chi connectivity index (χ0) is 18.4. The maximum Gasteiger partial charge on any atom is 0.315 e. The molecule has 8 heteroatoms. The van der Waals surface area contributed by atoms with E-state index in [9.17, 15) is 9.59 Å². The third kappa shape index (κ3) is 3.69. The predicted molar refractivity (Wildman–Crippen MR) is 97.4 cm³/mol. The molecule has 2 aliphatic heterocycles.